The van der Waals surface area contributed by atoms with Crippen LogP contribution in [0.15, 0.2) is 29.8 Å². The molecule has 4 bridgehead atoms. The molecule has 0 unspecified atom stereocenters. The number of amides is 4. The van der Waals surface area contributed by atoms with Crippen molar-refractivity contribution in [3.05, 3.63) is 35.4 Å². The van der Waals surface area contributed by atoms with Gasteiger partial charge in [0.05, 0.1) is 0 Å². The van der Waals surface area contributed by atoms with Gasteiger partial charge >= 0.3 is 6.03 Å². The molecular weight excluding hydrogens is 406 g/mol. The van der Waals surface area contributed by atoms with E-state index in [9.17, 15) is 14.4 Å². The van der Waals surface area contributed by atoms with Crippen LogP contribution in [0.1, 0.15) is 51.0 Å². The van der Waals surface area contributed by atoms with Crippen molar-refractivity contribution in [2.75, 3.05) is 6.61 Å². The number of hydrogen-bond donors (Lipinski definition) is 1. The van der Waals surface area contributed by atoms with Gasteiger partial charge in [0.25, 0.3) is 11.8 Å². The zero-order valence-electron chi connectivity index (χ0n) is 18.2. The Balaban J connectivity index is 1.46. The van der Waals surface area contributed by atoms with Crippen LogP contribution in [0.4, 0.5) is 4.79 Å². The predicted molar refractivity (Wildman–Crippen MR) is 116 cm³/mol. The second-order valence-corrected chi connectivity index (χ2v) is 9.93. The molecular formula is C25H27N3O4. The molecule has 4 amide bonds. The van der Waals surface area contributed by atoms with Gasteiger partial charge in [0.1, 0.15) is 17.4 Å². The van der Waals surface area contributed by atoms with Gasteiger partial charge in [0.15, 0.2) is 6.61 Å². The van der Waals surface area contributed by atoms with E-state index in [1.807, 2.05) is 13.0 Å². The van der Waals surface area contributed by atoms with Crippen molar-refractivity contribution in [3.63, 3.8) is 0 Å². The molecule has 0 spiro atoms. The number of imide groups is 2. The molecule has 32 heavy (non-hydrogen) atoms. The van der Waals surface area contributed by atoms with Crippen LogP contribution < -0.4 is 10.1 Å². The highest BCUT2D eigenvalue weighted by atomic mass is 16.5. The van der Waals surface area contributed by atoms with Crippen molar-refractivity contribution in [2.24, 2.45) is 23.2 Å². The van der Waals surface area contributed by atoms with Gasteiger partial charge < -0.3 is 4.74 Å². The molecule has 1 atom stereocenters. The Bertz CT molecular complexity index is 1020. The van der Waals surface area contributed by atoms with E-state index >= 15 is 0 Å². The minimum Gasteiger partial charge on any atom is -0.478 e. The maximum atomic E-state index is 13.5. The third-order valence-corrected chi connectivity index (χ3v) is 8.00. The van der Waals surface area contributed by atoms with Gasteiger partial charge in [-0.2, -0.15) is 5.26 Å². The molecule has 7 heteroatoms. The van der Waals surface area contributed by atoms with Crippen molar-refractivity contribution >= 4 is 23.9 Å². The van der Waals surface area contributed by atoms with E-state index < -0.39 is 17.8 Å². The summed E-state index contributed by atoms with van der Waals surface area (Å²) in [5.74, 6) is 1.20. The molecule has 5 fully saturated rings. The molecule has 7 nitrogen and oxygen atoms in total. The third-order valence-electron chi connectivity index (χ3n) is 8.00. The lowest BCUT2D eigenvalue weighted by Gasteiger charge is -2.60. The molecule has 0 radical (unpaired) electrons. The van der Waals surface area contributed by atoms with Crippen LogP contribution in [0, 0.1) is 34.5 Å². The van der Waals surface area contributed by atoms with Crippen molar-refractivity contribution in [2.45, 2.75) is 51.5 Å². The normalized spacial score (nSPS) is 33.2. The fourth-order valence-corrected chi connectivity index (χ4v) is 6.98. The van der Waals surface area contributed by atoms with Crippen molar-refractivity contribution in [1.82, 2.24) is 10.2 Å². The number of nitrogens with zero attached hydrogens (tertiary/aromatic N) is 2. The van der Waals surface area contributed by atoms with Gasteiger partial charge in [-0.3, -0.25) is 19.8 Å². The highest BCUT2D eigenvalue weighted by molar-refractivity contribution is 6.31. The summed E-state index contributed by atoms with van der Waals surface area (Å²) in [6.45, 7) is 1.83. The summed E-state index contributed by atoms with van der Waals surface area (Å²) in [5.41, 5.74) is 0.369. The number of nitrogens with one attached hydrogen (secondary N) is 1. The van der Waals surface area contributed by atoms with Crippen molar-refractivity contribution in [3.8, 4) is 11.8 Å². The summed E-state index contributed by atoms with van der Waals surface area (Å²) < 4.78 is 5.43. The number of benzene rings is 1. The SMILES string of the molecule is C[C@@H](N1C(=O)NC(=O)/C(=C\c2ccccc2OCC#N)C1=O)C12CC3CC(CC(C3)C1)C2. The second kappa shape index (κ2) is 7.77. The second-order valence-electron chi connectivity index (χ2n) is 9.93. The zero-order valence-corrected chi connectivity index (χ0v) is 18.2. The summed E-state index contributed by atoms with van der Waals surface area (Å²) in [4.78, 5) is 40.2. The molecule has 1 aromatic carbocycles. The van der Waals surface area contributed by atoms with Crippen LogP contribution in [-0.4, -0.2) is 35.4 Å². The number of carbonyl (C=O) groups is 3. The Hall–Kier alpha value is -3.14. The number of carbonyl (C=O) groups excluding carboxylic acids is 3. The number of nitriles is 1. The monoisotopic (exact) mass is 433 g/mol. The van der Waals surface area contributed by atoms with Gasteiger partial charge in [-0.1, -0.05) is 18.2 Å². The Morgan fingerprint density at radius 2 is 1.78 bits per heavy atom. The Morgan fingerprint density at radius 1 is 1.16 bits per heavy atom. The summed E-state index contributed by atoms with van der Waals surface area (Å²) in [6.07, 6.45) is 8.43. The summed E-state index contributed by atoms with van der Waals surface area (Å²) in [5, 5.41) is 11.2. The van der Waals surface area contributed by atoms with Crippen LogP contribution in [-0.2, 0) is 9.59 Å². The number of hydrogen-bond acceptors (Lipinski definition) is 5. The molecule has 1 N–H and O–H groups in total. The standard InChI is InChI=1S/C25H27N3O4/c1-15(25-12-16-8-17(13-25)10-18(9-16)14-25)28-23(30)20(22(29)27-24(28)31)11-19-4-2-3-5-21(19)32-7-6-26/h2-5,11,15-18H,7-10,12-14H2,1H3,(H,27,29,31)/b20-11+/t15-,16?,17?,18?,25?/m1/s1. The topological polar surface area (TPSA) is 99.5 Å². The lowest BCUT2D eigenvalue weighted by Crippen LogP contribution is -2.63. The quantitative estimate of drug-likeness (QED) is 0.564. The van der Waals surface area contributed by atoms with Crippen molar-refractivity contribution < 1.29 is 19.1 Å². The average molecular weight is 434 g/mol. The number of para-hydroxylation sites is 1. The van der Waals surface area contributed by atoms with E-state index in [0.29, 0.717) is 29.1 Å². The highest BCUT2D eigenvalue weighted by Gasteiger charge is 2.56. The maximum Gasteiger partial charge on any atom is 0.331 e. The minimum absolute atomic E-state index is 0.0545. The zero-order chi connectivity index (χ0) is 22.5. The largest absolute Gasteiger partial charge is 0.478 e. The Kier molecular flexibility index (Phi) is 5.04. The van der Waals surface area contributed by atoms with Crippen LogP contribution >= 0.6 is 0 Å². The van der Waals surface area contributed by atoms with E-state index in [0.717, 1.165) is 19.3 Å². The summed E-state index contributed by atoms with van der Waals surface area (Å²) in [7, 11) is 0. The van der Waals surface area contributed by atoms with Crippen LogP contribution in [0.3, 0.4) is 0 Å². The first-order chi connectivity index (χ1) is 15.4. The number of ether oxygens (including phenoxy) is 1. The van der Waals surface area contributed by atoms with E-state index in [2.05, 4.69) is 5.32 Å². The molecule has 6 rings (SSSR count). The molecule has 1 aliphatic heterocycles. The summed E-state index contributed by atoms with van der Waals surface area (Å²) >= 11 is 0. The first-order valence-electron chi connectivity index (χ1n) is 11.4. The molecule has 4 aliphatic carbocycles. The first-order valence-corrected chi connectivity index (χ1v) is 11.4. The van der Waals surface area contributed by atoms with Gasteiger partial charge in [-0.15, -0.1) is 0 Å². The van der Waals surface area contributed by atoms with Gasteiger partial charge in [0, 0.05) is 11.6 Å². The Morgan fingerprint density at radius 3 is 2.41 bits per heavy atom. The highest BCUT2D eigenvalue weighted by Crippen LogP contribution is 2.62. The van der Waals surface area contributed by atoms with E-state index in [1.165, 1.54) is 30.2 Å². The Labute approximate surface area is 187 Å². The van der Waals surface area contributed by atoms with Gasteiger partial charge in [0.2, 0.25) is 0 Å². The fourth-order valence-electron chi connectivity index (χ4n) is 6.98. The van der Waals surface area contributed by atoms with Gasteiger partial charge in [-0.05, 0) is 80.8 Å². The molecule has 1 saturated heterocycles. The smallest absolute Gasteiger partial charge is 0.331 e. The predicted octanol–water partition coefficient (Wildman–Crippen LogP) is 3.66. The first kappa shape index (κ1) is 20.7. The summed E-state index contributed by atoms with van der Waals surface area (Å²) in [6, 6.07) is 7.91. The molecule has 1 heterocycles. The number of rotatable bonds is 5. The van der Waals surface area contributed by atoms with Crippen LogP contribution in [0.25, 0.3) is 6.08 Å². The van der Waals surface area contributed by atoms with Crippen LogP contribution in [0.5, 0.6) is 5.75 Å². The molecule has 5 aliphatic rings. The van der Waals surface area contributed by atoms with E-state index in [1.54, 1.807) is 24.3 Å². The molecule has 4 saturated carbocycles. The minimum atomic E-state index is -0.705. The third kappa shape index (κ3) is 3.38. The van der Waals surface area contributed by atoms with E-state index in [4.69, 9.17) is 10.00 Å². The lowest BCUT2D eigenvalue weighted by atomic mass is 9.47. The van der Waals surface area contributed by atoms with Crippen LogP contribution in [0.2, 0.25) is 0 Å². The van der Waals surface area contributed by atoms with E-state index in [-0.39, 0.29) is 23.6 Å². The molecule has 166 valence electrons. The number of barbiturate groups is 1. The number of urea groups is 1. The maximum absolute atomic E-state index is 13.5. The lowest BCUT2D eigenvalue weighted by molar-refractivity contribution is -0.139. The molecule has 1 aromatic rings. The fraction of sp³-hybridized carbons (Fsp3) is 0.520. The molecule has 0 aromatic heterocycles. The average Bonchev–Trinajstić information content (AvgIpc) is 2.74. The van der Waals surface area contributed by atoms with Crippen molar-refractivity contribution in [1.29, 1.82) is 5.26 Å². The van der Waals surface area contributed by atoms with Gasteiger partial charge in [-0.25, -0.2) is 4.79 Å².